The third-order valence-electron chi connectivity index (χ3n) is 6.45. The molecule has 0 radical (unpaired) electrons. The van der Waals surface area contributed by atoms with Gasteiger partial charge in [0.05, 0.1) is 30.5 Å². The molecular weight excluding hydrogens is 562 g/mol. The van der Waals surface area contributed by atoms with Crippen molar-refractivity contribution in [1.82, 2.24) is 10.3 Å². The number of benzene rings is 3. The van der Waals surface area contributed by atoms with Crippen LogP contribution in [0, 0.1) is 0 Å². The van der Waals surface area contributed by atoms with E-state index in [0.717, 1.165) is 11.9 Å². The van der Waals surface area contributed by atoms with E-state index in [1.54, 1.807) is 24.3 Å². The lowest BCUT2D eigenvalue weighted by molar-refractivity contribution is 0.0976. The smallest absolute Gasteiger partial charge is 0.257 e. The number of hydrogen-bond acceptors (Lipinski definition) is 7. The van der Waals surface area contributed by atoms with E-state index in [2.05, 4.69) is 36.6 Å². The average molecular weight is 596 g/mol. The van der Waals surface area contributed by atoms with E-state index in [-0.39, 0.29) is 5.11 Å². The number of anilines is 1. The number of hydrogen-bond donors (Lipinski definition) is 2. The van der Waals surface area contributed by atoms with Gasteiger partial charge in [0.15, 0.2) is 22.2 Å². The van der Waals surface area contributed by atoms with Crippen molar-refractivity contribution in [3.8, 4) is 28.7 Å². The molecule has 0 aliphatic rings. The maximum atomic E-state index is 13.1. The van der Waals surface area contributed by atoms with Gasteiger partial charge in [0, 0.05) is 11.1 Å². The number of halogens is 1. The van der Waals surface area contributed by atoms with E-state index in [0.29, 0.717) is 76.3 Å². The SMILES string of the molecule is CCOc1cc(C(=O)NC(=S)Nc2cc(-c3nc4cc([C@H](C)CC)ccc4o3)ccc2Cl)cc(OCC)c1OCC. The Labute approximate surface area is 250 Å². The molecule has 0 unspecified atom stereocenters. The van der Waals surface area contributed by atoms with Crippen LogP contribution >= 0.6 is 23.8 Å². The van der Waals surface area contributed by atoms with Crippen LogP contribution in [0.25, 0.3) is 22.6 Å². The number of fused-ring (bicyclic) bond motifs is 1. The summed E-state index contributed by atoms with van der Waals surface area (Å²) in [4.78, 5) is 17.8. The second-order valence-electron chi connectivity index (χ2n) is 9.26. The number of carbonyl (C=O) groups excluding carboxylic acids is 1. The van der Waals surface area contributed by atoms with E-state index in [4.69, 9.17) is 47.4 Å². The monoisotopic (exact) mass is 595 g/mol. The van der Waals surface area contributed by atoms with Gasteiger partial charge in [0.2, 0.25) is 11.6 Å². The second kappa shape index (κ2) is 13.7. The van der Waals surface area contributed by atoms with Gasteiger partial charge >= 0.3 is 0 Å². The Balaban J connectivity index is 1.53. The molecule has 8 nitrogen and oxygen atoms in total. The fourth-order valence-corrected chi connectivity index (χ4v) is 4.58. The van der Waals surface area contributed by atoms with Gasteiger partial charge in [-0.2, -0.15) is 0 Å². The first-order chi connectivity index (χ1) is 19.8. The topological polar surface area (TPSA) is 94.9 Å². The van der Waals surface area contributed by atoms with Gasteiger partial charge in [-0.3, -0.25) is 10.1 Å². The standard InChI is InChI=1S/C31H34ClN3O5S/c1-6-18(5)19-11-13-25-24(14-19)33-30(40-25)20-10-12-22(32)23(15-20)34-31(41)35-29(36)21-16-26(37-7-2)28(39-9-4)27(17-21)38-8-3/h10-18H,6-9H2,1-5H3,(H2,34,35,36,41)/t18-/m1/s1. The summed E-state index contributed by atoms with van der Waals surface area (Å²) in [6, 6.07) is 14.6. The highest BCUT2D eigenvalue weighted by Gasteiger charge is 2.20. The molecule has 1 amide bonds. The van der Waals surface area contributed by atoms with Crippen molar-refractivity contribution in [3.63, 3.8) is 0 Å². The number of rotatable bonds is 11. The van der Waals surface area contributed by atoms with Crippen molar-refractivity contribution in [1.29, 1.82) is 0 Å². The molecule has 1 aromatic heterocycles. The minimum atomic E-state index is -0.448. The Morgan fingerprint density at radius 1 is 0.976 bits per heavy atom. The first kappa shape index (κ1) is 30.1. The maximum absolute atomic E-state index is 13.1. The normalized spacial score (nSPS) is 11.7. The average Bonchev–Trinajstić information content (AvgIpc) is 3.39. The number of nitrogens with zero attached hydrogens (tertiary/aromatic N) is 1. The third-order valence-corrected chi connectivity index (χ3v) is 6.99. The lowest BCUT2D eigenvalue weighted by Crippen LogP contribution is -2.34. The van der Waals surface area contributed by atoms with Gasteiger partial charge < -0.3 is 23.9 Å². The Bertz CT molecular complexity index is 1530. The molecular formula is C31H34ClN3O5S. The molecule has 4 rings (SSSR count). The summed E-state index contributed by atoms with van der Waals surface area (Å²) < 4.78 is 23.2. The Morgan fingerprint density at radius 2 is 1.66 bits per heavy atom. The third kappa shape index (κ3) is 7.10. The van der Waals surface area contributed by atoms with E-state index in [9.17, 15) is 4.79 Å². The van der Waals surface area contributed by atoms with Gasteiger partial charge in [-0.05, 0) is 93.4 Å². The van der Waals surface area contributed by atoms with Crippen molar-refractivity contribution in [2.24, 2.45) is 0 Å². The Hall–Kier alpha value is -3.82. The van der Waals surface area contributed by atoms with Crippen LogP contribution in [0.5, 0.6) is 17.2 Å². The number of oxazole rings is 1. The van der Waals surface area contributed by atoms with Crippen molar-refractivity contribution in [2.75, 3.05) is 25.1 Å². The highest BCUT2D eigenvalue weighted by Crippen LogP contribution is 2.39. The lowest BCUT2D eigenvalue weighted by Gasteiger charge is -2.17. The molecule has 0 aliphatic heterocycles. The van der Waals surface area contributed by atoms with Crippen LogP contribution in [0.4, 0.5) is 5.69 Å². The molecule has 3 aromatic carbocycles. The van der Waals surface area contributed by atoms with Crippen LogP contribution in [-0.4, -0.2) is 35.8 Å². The zero-order valence-electron chi connectivity index (χ0n) is 23.8. The molecule has 216 valence electrons. The van der Waals surface area contributed by atoms with E-state index >= 15 is 0 Å². The van der Waals surface area contributed by atoms with Gasteiger partial charge in [0.25, 0.3) is 5.91 Å². The molecule has 0 spiro atoms. The van der Waals surface area contributed by atoms with Crippen molar-refractivity contribution < 1.29 is 23.4 Å². The molecule has 41 heavy (non-hydrogen) atoms. The Kier molecular flexibility index (Phi) is 10.1. The molecule has 10 heteroatoms. The summed E-state index contributed by atoms with van der Waals surface area (Å²) in [5, 5.41) is 6.19. The van der Waals surface area contributed by atoms with E-state index in [1.165, 1.54) is 5.56 Å². The molecule has 0 saturated heterocycles. The maximum Gasteiger partial charge on any atom is 0.257 e. The summed E-state index contributed by atoms with van der Waals surface area (Å²) >= 11 is 11.9. The summed E-state index contributed by atoms with van der Waals surface area (Å²) in [6.45, 7) is 11.1. The molecule has 0 saturated carbocycles. The van der Waals surface area contributed by atoms with Gasteiger partial charge in [0.1, 0.15) is 5.52 Å². The summed E-state index contributed by atoms with van der Waals surface area (Å²) in [5.74, 6) is 1.71. The molecule has 0 bridgehead atoms. The molecule has 4 aromatic rings. The molecule has 0 fully saturated rings. The van der Waals surface area contributed by atoms with Crippen molar-refractivity contribution >= 4 is 51.6 Å². The largest absolute Gasteiger partial charge is 0.490 e. The number of amides is 1. The number of aromatic nitrogens is 1. The molecule has 0 aliphatic carbocycles. The summed E-state index contributed by atoms with van der Waals surface area (Å²) in [5.41, 5.74) is 4.21. The Morgan fingerprint density at radius 3 is 2.29 bits per heavy atom. The quantitative estimate of drug-likeness (QED) is 0.168. The zero-order valence-corrected chi connectivity index (χ0v) is 25.4. The minimum Gasteiger partial charge on any atom is -0.490 e. The van der Waals surface area contributed by atoms with Crippen LogP contribution in [-0.2, 0) is 0 Å². The summed E-state index contributed by atoms with van der Waals surface area (Å²) in [7, 11) is 0. The van der Waals surface area contributed by atoms with E-state index < -0.39 is 5.91 Å². The van der Waals surface area contributed by atoms with Crippen LogP contribution < -0.4 is 24.8 Å². The molecule has 1 atom stereocenters. The first-order valence-corrected chi connectivity index (χ1v) is 14.5. The highest BCUT2D eigenvalue weighted by atomic mass is 35.5. The van der Waals surface area contributed by atoms with Crippen LogP contribution in [0.15, 0.2) is 52.9 Å². The second-order valence-corrected chi connectivity index (χ2v) is 10.1. The highest BCUT2D eigenvalue weighted by molar-refractivity contribution is 7.80. The molecule has 2 N–H and O–H groups in total. The first-order valence-electron chi connectivity index (χ1n) is 13.7. The van der Waals surface area contributed by atoms with Crippen LogP contribution in [0.2, 0.25) is 5.02 Å². The van der Waals surface area contributed by atoms with E-state index in [1.807, 2.05) is 32.9 Å². The van der Waals surface area contributed by atoms with Crippen molar-refractivity contribution in [3.05, 3.63) is 64.7 Å². The number of thiocarbonyl (C=S) groups is 1. The number of ether oxygens (including phenoxy) is 3. The minimum absolute atomic E-state index is 0.0645. The zero-order chi connectivity index (χ0) is 29.5. The fourth-order valence-electron chi connectivity index (χ4n) is 4.21. The lowest BCUT2D eigenvalue weighted by atomic mass is 9.98. The number of nitrogens with one attached hydrogen (secondary N) is 2. The predicted molar refractivity (Wildman–Crippen MR) is 167 cm³/mol. The van der Waals surface area contributed by atoms with Crippen molar-refractivity contribution in [2.45, 2.75) is 47.0 Å². The molecule has 1 heterocycles. The van der Waals surface area contributed by atoms with Crippen LogP contribution in [0.3, 0.4) is 0 Å². The van der Waals surface area contributed by atoms with Crippen LogP contribution in [0.1, 0.15) is 62.9 Å². The predicted octanol–water partition coefficient (Wildman–Crippen LogP) is 7.98. The number of carbonyl (C=O) groups is 1. The van der Waals surface area contributed by atoms with Gasteiger partial charge in [-0.15, -0.1) is 0 Å². The van der Waals surface area contributed by atoms with Gasteiger partial charge in [-0.1, -0.05) is 31.5 Å². The van der Waals surface area contributed by atoms with Gasteiger partial charge in [-0.25, -0.2) is 4.98 Å². The fraction of sp³-hybridized carbons (Fsp3) is 0.323. The summed E-state index contributed by atoms with van der Waals surface area (Å²) in [6.07, 6.45) is 1.04.